The molecule has 0 spiro atoms. The van der Waals surface area contributed by atoms with Gasteiger partial charge in [-0.05, 0) is 36.1 Å². The topological polar surface area (TPSA) is 41.5 Å². The van der Waals surface area contributed by atoms with Gasteiger partial charge in [0, 0.05) is 18.0 Å². The van der Waals surface area contributed by atoms with E-state index in [4.69, 9.17) is 4.74 Å². The molecule has 0 saturated heterocycles. The molecule has 0 saturated carbocycles. The summed E-state index contributed by atoms with van der Waals surface area (Å²) >= 11 is 1.73. The van der Waals surface area contributed by atoms with E-state index < -0.39 is 6.10 Å². The van der Waals surface area contributed by atoms with E-state index in [1.807, 2.05) is 6.07 Å². The van der Waals surface area contributed by atoms with E-state index in [0.29, 0.717) is 25.0 Å². The molecule has 0 bridgehead atoms. The molecule has 1 aromatic rings. The van der Waals surface area contributed by atoms with Crippen molar-refractivity contribution in [3.05, 3.63) is 34.5 Å². The van der Waals surface area contributed by atoms with Crippen LogP contribution < -0.4 is 5.32 Å². The molecular formula is C16H25NO2S. The fourth-order valence-electron chi connectivity index (χ4n) is 2.43. The summed E-state index contributed by atoms with van der Waals surface area (Å²) in [5.41, 5.74) is 0. The summed E-state index contributed by atoms with van der Waals surface area (Å²) in [4.78, 5) is 1.29. The van der Waals surface area contributed by atoms with Gasteiger partial charge in [0.2, 0.25) is 0 Å². The van der Waals surface area contributed by atoms with Crippen molar-refractivity contribution in [1.82, 2.24) is 5.32 Å². The van der Waals surface area contributed by atoms with Gasteiger partial charge in [-0.15, -0.1) is 11.3 Å². The molecule has 4 heteroatoms. The predicted octanol–water partition coefficient (Wildman–Crippen LogP) is 2.82. The van der Waals surface area contributed by atoms with E-state index in [-0.39, 0.29) is 0 Å². The van der Waals surface area contributed by atoms with E-state index >= 15 is 0 Å². The Kier molecular flexibility index (Phi) is 6.73. The molecule has 1 aliphatic carbocycles. The smallest absolute Gasteiger partial charge is 0.0897 e. The van der Waals surface area contributed by atoms with Gasteiger partial charge < -0.3 is 15.2 Å². The molecule has 1 aliphatic rings. The molecule has 3 atom stereocenters. The fraction of sp³-hybridized carbons (Fsp3) is 0.625. The van der Waals surface area contributed by atoms with Gasteiger partial charge in [0.15, 0.2) is 0 Å². The molecule has 20 heavy (non-hydrogen) atoms. The molecule has 0 fully saturated rings. The highest BCUT2D eigenvalue weighted by atomic mass is 32.1. The second-order valence-electron chi connectivity index (χ2n) is 5.58. The minimum absolute atomic E-state index is 0.421. The van der Waals surface area contributed by atoms with E-state index in [1.54, 1.807) is 11.3 Å². The maximum atomic E-state index is 9.88. The lowest BCUT2D eigenvalue weighted by atomic mass is 9.85. The first-order valence-electron chi connectivity index (χ1n) is 7.39. The summed E-state index contributed by atoms with van der Waals surface area (Å²) in [6.45, 7) is 4.85. The highest BCUT2D eigenvalue weighted by Crippen LogP contribution is 2.24. The van der Waals surface area contributed by atoms with Gasteiger partial charge >= 0.3 is 0 Å². The average molecular weight is 295 g/mol. The molecule has 3 unspecified atom stereocenters. The third kappa shape index (κ3) is 5.37. The molecule has 1 heterocycles. The largest absolute Gasteiger partial charge is 0.389 e. The zero-order chi connectivity index (χ0) is 14.2. The molecule has 0 amide bonds. The highest BCUT2D eigenvalue weighted by molar-refractivity contribution is 7.09. The van der Waals surface area contributed by atoms with Gasteiger partial charge in [-0.3, -0.25) is 0 Å². The van der Waals surface area contributed by atoms with Crippen LogP contribution in [-0.2, 0) is 11.3 Å². The van der Waals surface area contributed by atoms with Crippen LogP contribution in [0.15, 0.2) is 29.7 Å². The van der Waals surface area contributed by atoms with Gasteiger partial charge in [-0.2, -0.15) is 0 Å². The van der Waals surface area contributed by atoms with E-state index in [1.165, 1.54) is 4.88 Å². The number of allylic oxidation sites excluding steroid dienone is 2. The first kappa shape index (κ1) is 15.7. The molecule has 1 aromatic heterocycles. The Morgan fingerprint density at radius 1 is 1.45 bits per heavy atom. The van der Waals surface area contributed by atoms with Crippen molar-refractivity contribution < 1.29 is 9.84 Å². The van der Waals surface area contributed by atoms with Crippen molar-refractivity contribution in [2.75, 3.05) is 19.8 Å². The van der Waals surface area contributed by atoms with Crippen LogP contribution in [0.5, 0.6) is 0 Å². The maximum Gasteiger partial charge on any atom is 0.0897 e. The highest BCUT2D eigenvalue weighted by Gasteiger charge is 2.18. The lowest BCUT2D eigenvalue weighted by Gasteiger charge is -2.25. The van der Waals surface area contributed by atoms with E-state index in [2.05, 4.69) is 35.8 Å². The minimum atomic E-state index is -0.426. The average Bonchev–Trinajstić information content (AvgIpc) is 2.94. The van der Waals surface area contributed by atoms with Crippen LogP contribution in [0.2, 0.25) is 0 Å². The second kappa shape index (κ2) is 8.57. The van der Waals surface area contributed by atoms with Crippen LogP contribution in [0.4, 0.5) is 0 Å². The molecule has 112 valence electrons. The lowest BCUT2D eigenvalue weighted by molar-refractivity contribution is 0.0128. The number of rotatable bonds is 8. The SMILES string of the molecule is CC1CC=CCC1COCC(O)CNCc1cccs1. The molecule has 3 nitrogen and oxygen atoms in total. The Hall–Kier alpha value is -0.680. The molecule has 0 aliphatic heterocycles. The molecule has 2 rings (SSSR count). The number of aliphatic hydroxyl groups is 1. The Labute approximate surface area is 125 Å². The van der Waals surface area contributed by atoms with E-state index in [0.717, 1.165) is 26.0 Å². The third-order valence-corrected chi connectivity index (χ3v) is 4.70. The zero-order valence-electron chi connectivity index (χ0n) is 12.1. The van der Waals surface area contributed by atoms with Crippen molar-refractivity contribution >= 4 is 11.3 Å². The van der Waals surface area contributed by atoms with Gasteiger partial charge in [0.1, 0.15) is 0 Å². The normalized spacial score (nSPS) is 23.9. The van der Waals surface area contributed by atoms with Crippen LogP contribution in [0.1, 0.15) is 24.6 Å². The van der Waals surface area contributed by atoms with Gasteiger partial charge in [0.25, 0.3) is 0 Å². The fourth-order valence-corrected chi connectivity index (χ4v) is 3.10. The predicted molar refractivity (Wildman–Crippen MR) is 83.9 cm³/mol. The number of hydrogen-bond acceptors (Lipinski definition) is 4. The number of thiophene rings is 1. The number of hydrogen-bond donors (Lipinski definition) is 2. The summed E-state index contributed by atoms with van der Waals surface area (Å²) in [6.07, 6.45) is 6.33. The van der Waals surface area contributed by atoms with Crippen molar-refractivity contribution in [3.8, 4) is 0 Å². The van der Waals surface area contributed by atoms with Gasteiger partial charge in [-0.1, -0.05) is 25.1 Å². The van der Waals surface area contributed by atoms with Crippen molar-refractivity contribution in [2.24, 2.45) is 11.8 Å². The Morgan fingerprint density at radius 2 is 2.30 bits per heavy atom. The van der Waals surface area contributed by atoms with Crippen molar-refractivity contribution in [1.29, 1.82) is 0 Å². The zero-order valence-corrected chi connectivity index (χ0v) is 12.9. The summed E-state index contributed by atoms with van der Waals surface area (Å²) in [5.74, 6) is 1.29. The molecule has 0 aromatic carbocycles. The maximum absolute atomic E-state index is 9.88. The third-order valence-electron chi connectivity index (χ3n) is 3.82. The number of ether oxygens (including phenoxy) is 1. The summed E-state index contributed by atoms with van der Waals surface area (Å²) < 4.78 is 5.67. The molecule has 0 radical (unpaired) electrons. The van der Waals surface area contributed by atoms with E-state index in [9.17, 15) is 5.11 Å². The Bertz CT molecular complexity index is 391. The monoisotopic (exact) mass is 295 g/mol. The van der Waals surface area contributed by atoms with Gasteiger partial charge in [-0.25, -0.2) is 0 Å². The second-order valence-corrected chi connectivity index (χ2v) is 6.61. The number of nitrogens with one attached hydrogen (secondary N) is 1. The first-order valence-corrected chi connectivity index (χ1v) is 8.27. The quantitative estimate of drug-likeness (QED) is 0.725. The van der Waals surface area contributed by atoms with Crippen LogP contribution >= 0.6 is 11.3 Å². The molecular weight excluding hydrogens is 270 g/mol. The van der Waals surface area contributed by atoms with Crippen LogP contribution in [0.3, 0.4) is 0 Å². The van der Waals surface area contributed by atoms with Crippen molar-refractivity contribution in [3.63, 3.8) is 0 Å². The van der Waals surface area contributed by atoms with Crippen LogP contribution in [0.25, 0.3) is 0 Å². The Balaban J connectivity index is 1.53. The molecule has 2 N–H and O–H groups in total. The van der Waals surface area contributed by atoms with Crippen LogP contribution in [-0.4, -0.2) is 31.0 Å². The van der Waals surface area contributed by atoms with Crippen molar-refractivity contribution in [2.45, 2.75) is 32.4 Å². The summed E-state index contributed by atoms with van der Waals surface area (Å²) in [7, 11) is 0. The minimum Gasteiger partial charge on any atom is -0.389 e. The van der Waals surface area contributed by atoms with Crippen LogP contribution in [0, 0.1) is 11.8 Å². The summed E-state index contributed by atoms with van der Waals surface area (Å²) in [5, 5.41) is 15.2. The summed E-state index contributed by atoms with van der Waals surface area (Å²) in [6, 6.07) is 4.14. The standard InChI is InChI=1S/C16H25NO2S/c1-13-5-2-3-6-14(13)11-19-12-15(18)9-17-10-16-7-4-8-20-16/h2-4,7-8,13-15,17-18H,5-6,9-12H2,1H3. The first-order chi connectivity index (χ1) is 9.75. The number of aliphatic hydroxyl groups excluding tert-OH is 1. The van der Waals surface area contributed by atoms with Gasteiger partial charge in [0.05, 0.1) is 19.3 Å². The lowest BCUT2D eigenvalue weighted by Crippen LogP contribution is -2.31. The Morgan fingerprint density at radius 3 is 3.05 bits per heavy atom.